The van der Waals surface area contributed by atoms with Crippen LogP contribution in [0, 0.1) is 0 Å². The minimum Gasteiger partial charge on any atom is -0.372 e. The van der Waals surface area contributed by atoms with Crippen LogP contribution in [0.3, 0.4) is 0 Å². The molecule has 156 valence electrons. The van der Waals surface area contributed by atoms with Gasteiger partial charge in [-0.2, -0.15) is 0 Å². The lowest BCUT2D eigenvalue weighted by Crippen LogP contribution is -2.25. The van der Waals surface area contributed by atoms with E-state index in [1.54, 1.807) is 0 Å². The third-order valence-electron chi connectivity index (χ3n) is 5.40. The van der Waals surface area contributed by atoms with Gasteiger partial charge in [0.2, 0.25) is 0 Å². The zero-order valence-corrected chi connectivity index (χ0v) is 18.6. The number of benzene rings is 1. The van der Waals surface area contributed by atoms with Crippen LogP contribution in [0.1, 0.15) is 103 Å². The first-order valence-corrected chi connectivity index (χ1v) is 11.9. The molecule has 1 rings (SSSR count). The summed E-state index contributed by atoms with van der Waals surface area (Å²) >= 11 is 0. The first-order chi connectivity index (χ1) is 13.3. The number of hydrogen-bond donors (Lipinski definition) is 1. The number of rotatable bonds is 18. The topological polar surface area (TPSA) is 15.3 Å². The van der Waals surface area contributed by atoms with Crippen molar-refractivity contribution in [1.29, 1.82) is 0 Å². The average molecular weight is 375 g/mol. The smallest absolute Gasteiger partial charge is 0.0366 e. The second kappa shape index (κ2) is 17.1. The van der Waals surface area contributed by atoms with Gasteiger partial charge < -0.3 is 10.2 Å². The van der Waals surface area contributed by atoms with Gasteiger partial charge in [-0.05, 0) is 43.5 Å². The number of anilines is 1. The van der Waals surface area contributed by atoms with E-state index in [-0.39, 0.29) is 0 Å². The zero-order valence-electron chi connectivity index (χ0n) is 18.6. The van der Waals surface area contributed by atoms with Crippen LogP contribution in [0.4, 0.5) is 5.69 Å². The van der Waals surface area contributed by atoms with Crippen molar-refractivity contribution in [2.24, 2.45) is 0 Å². The van der Waals surface area contributed by atoms with E-state index in [1.807, 2.05) is 0 Å². The summed E-state index contributed by atoms with van der Waals surface area (Å²) < 4.78 is 0. The highest BCUT2D eigenvalue weighted by atomic mass is 15.1. The van der Waals surface area contributed by atoms with Gasteiger partial charge in [0.15, 0.2) is 0 Å². The Kier molecular flexibility index (Phi) is 15.2. The molecule has 0 heterocycles. The summed E-state index contributed by atoms with van der Waals surface area (Å²) in [5.74, 6) is 0. The quantitative estimate of drug-likeness (QED) is 0.271. The van der Waals surface area contributed by atoms with Crippen LogP contribution >= 0.6 is 0 Å². The normalized spacial score (nSPS) is 11.1. The van der Waals surface area contributed by atoms with Gasteiger partial charge in [0, 0.05) is 25.3 Å². The van der Waals surface area contributed by atoms with Gasteiger partial charge in [-0.3, -0.25) is 0 Å². The Labute approximate surface area is 170 Å². The number of hydrogen-bond acceptors (Lipinski definition) is 2. The van der Waals surface area contributed by atoms with Crippen LogP contribution in [0.15, 0.2) is 24.3 Å². The predicted octanol–water partition coefficient (Wildman–Crippen LogP) is 7.32. The van der Waals surface area contributed by atoms with E-state index >= 15 is 0 Å². The molecule has 2 heteroatoms. The minimum atomic E-state index is 0.999. The molecule has 2 nitrogen and oxygen atoms in total. The van der Waals surface area contributed by atoms with Gasteiger partial charge in [-0.1, -0.05) is 90.7 Å². The van der Waals surface area contributed by atoms with Crippen molar-refractivity contribution < 1.29 is 0 Å². The highest BCUT2D eigenvalue weighted by Gasteiger charge is 2.06. The van der Waals surface area contributed by atoms with Crippen LogP contribution in [0.5, 0.6) is 0 Å². The molecule has 0 saturated heterocycles. The Balaban J connectivity index is 2.43. The van der Waals surface area contributed by atoms with Gasteiger partial charge in [-0.25, -0.2) is 0 Å². The summed E-state index contributed by atoms with van der Waals surface area (Å²) in [5, 5.41) is 3.59. The lowest BCUT2D eigenvalue weighted by molar-refractivity contribution is 0.597. The van der Waals surface area contributed by atoms with Crippen molar-refractivity contribution in [3.05, 3.63) is 29.8 Å². The van der Waals surface area contributed by atoms with Crippen molar-refractivity contribution >= 4 is 5.69 Å². The Hall–Kier alpha value is -1.02. The molecule has 0 aliphatic rings. The molecule has 0 aliphatic heterocycles. The molecular weight excluding hydrogens is 328 g/mol. The second-order valence-electron chi connectivity index (χ2n) is 8.01. The molecule has 0 fully saturated rings. The number of nitrogens with zero attached hydrogens (tertiary/aromatic N) is 1. The predicted molar refractivity (Wildman–Crippen MR) is 123 cm³/mol. The van der Waals surface area contributed by atoms with Gasteiger partial charge in [0.1, 0.15) is 0 Å². The van der Waals surface area contributed by atoms with Crippen LogP contribution in [0.2, 0.25) is 0 Å². The summed E-state index contributed by atoms with van der Waals surface area (Å²) in [4.78, 5) is 2.62. The fourth-order valence-electron chi connectivity index (χ4n) is 3.56. The summed E-state index contributed by atoms with van der Waals surface area (Å²) in [6.07, 6.45) is 16.1. The molecule has 1 N–H and O–H groups in total. The van der Waals surface area contributed by atoms with E-state index in [2.05, 4.69) is 55.3 Å². The molecule has 0 unspecified atom stereocenters. The molecule has 0 bridgehead atoms. The minimum absolute atomic E-state index is 0.999. The molecule has 0 saturated carbocycles. The van der Waals surface area contributed by atoms with Crippen molar-refractivity contribution in [2.45, 2.75) is 104 Å². The van der Waals surface area contributed by atoms with Crippen molar-refractivity contribution in [2.75, 3.05) is 24.5 Å². The van der Waals surface area contributed by atoms with Crippen LogP contribution in [0.25, 0.3) is 0 Å². The van der Waals surface area contributed by atoms with Crippen LogP contribution in [-0.4, -0.2) is 19.6 Å². The van der Waals surface area contributed by atoms with E-state index in [9.17, 15) is 0 Å². The number of unbranched alkanes of at least 4 members (excludes halogenated alkanes) is 9. The molecule has 0 radical (unpaired) electrons. The molecule has 0 atom stereocenters. The van der Waals surface area contributed by atoms with Crippen LogP contribution < -0.4 is 10.2 Å². The molecule has 0 aliphatic carbocycles. The fraction of sp³-hybridized carbons (Fsp3) is 0.760. The standard InChI is InChI=1S/C25H46N2/c1-4-7-10-13-20-26-23-24-16-18-25(19-17-24)27(21-14-11-8-5-2)22-15-12-9-6-3/h16-19,26H,4-15,20-23H2,1-3H3. The lowest BCUT2D eigenvalue weighted by Gasteiger charge is -2.25. The molecular formula is C25H46N2. The molecule has 1 aromatic rings. The molecule has 0 aromatic heterocycles. The Morgan fingerprint density at radius 1 is 0.630 bits per heavy atom. The molecule has 1 aromatic carbocycles. The van der Waals surface area contributed by atoms with Gasteiger partial charge >= 0.3 is 0 Å². The van der Waals surface area contributed by atoms with E-state index in [4.69, 9.17) is 0 Å². The first kappa shape index (κ1) is 24.0. The SMILES string of the molecule is CCCCCCNCc1ccc(N(CCCCCC)CCCCCC)cc1. The third-order valence-corrected chi connectivity index (χ3v) is 5.40. The van der Waals surface area contributed by atoms with E-state index in [0.717, 1.165) is 13.1 Å². The van der Waals surface area contributed by atoms with E-state index in [0.29, 0.717) is 0 Å². The highest BCUT2D eigenvalue weighted by molar-refractivity contribution is 5.47. The van der Waals surface area contributed by atoms with Crippen molar-refractivity contribution in [1.82, 2.24) is 5.32 Å². The van der Waals surface area contributed by atoms with E-state index < -0.39 is 0 Å². The summed E-state index contributed by atoms with van der Waals surface area (Å²) in [6, 6.07) is 9.32. The monoisotopic (exact) mass is 374 g/mol. The number of nitrogens with one attached hydrogen (secondary N) is 1. The van der Waals surface area contributed by atoms with E-state index in [1.165, 1.54) is 101 Å². The Bertz CT molecular complexity index is 414. The largest absolute Gasteiger partial charge is 0.372 e. The fourth-order valence-corrected chi connectivity index (χ4v) is 3.56. The zero-order chi connectivity index (χ0) is 19.6. The van der Waals surface area contributed by atoms with Crippen molar-refractivity contribution in [3.63, 3.8) is 0 Å². The second-order valence-corrected chi connectivity index (χ2v) is 8.01. The summed E-state index contributed by atoms with van der Waals surface area (Å²) in [5.41, 5.74) is 2.82. The summed E-state index contributed by atoms with van der Waals surface area (Å²) in [7, 11) is 0. The van der Waals surface area contributed by atoms with Gasteiger partial charge in [-0.15, -0.1) is 0 Å². The Morgan fingerprint density at radius 2 is 1.15 bits per heavy atom. The maximum Gasteiger partial charge on any atom is 0.0366 e. The van der Waals surface area contributed by atoms with Gasteiger partial charge in [0.05, 0.1) is 0 Å². The van der Waals surface area contributed by atoms with Crippen molar-refractivity contribution in [3.8, 4) is 0 Å². The highest BCUT2D eigenvalue weighted by Crippen LogP contribution is 2.18. The van der Waals surface area contributed by atoms with Crippen LogP contribution in [-0.2, 0) is 6.54 Å². The third kappa shape index (κ3) is 12.1. The molecule has 27 heavy (non-hydrogen) atoms. The first-order valence-electron chi connectivity index (χ1n) is 11.9. The Morgan fingerprint density at radius 3 is 1.67 bits per heavy atom. The maximum atomic E-state index is 3.59. The average Bonchev–Trinajstić information content (AvgIpc) is 2.70. The molecule has 0 spiro atoms. The summed E-state index contributed by atoms with van der Waals surface area (Å²) in [6.45, 7) is 11.4. The molecule has 0 amide bonds. The lowest BCUT2D eigenvalue weighted by atomic mass is 10.1. The van der Waals surface area contributed by atoms with Gasteiger partial charge in [0.25, 0.3) is 0 Å². The maximum absolute atomic E-state index is 3.59.